The van der Waals surface area contributed by atoms with Crippen LogP contribution in [0.15, 0.2) is 30.7 Å². The largest absolute Gasteiger partial charge is 0.348 e. The number of nitrogens with one attached hydrogen (secondary N) is 2. The van der Waals surface area contributed by atoms with Crippen LogP contribution in [-0.2, 0) is 0 Å². The summed E-state index contributed by atoms with van der Waals surface area (Å²) in [5.74, 6) is -1.91. The maximum atomic E-state index is 15.0. The highest BCUT2D eigenvalue weighted by atomic mass is 35.5. The third-order valence-electron chi connectivity index (χ3n) is 6.30. The maximum Gasteiger partial charge on any atom is 0.191 e. The van der Waals surface area contributed by atoms with Gasteiger partial charge in [0.1, 0.15) is 0 Å². The minimum absolute atomic E-state index is 0. The van der Waals surface area contributed by atoms with Crippen LogP contribution in [-0.4, -0.2) is 49.3 Å². The first kappa shape index (κ1) is 25.4. The number of rotatable bonds is 4. The van der Waals surface area contributed by atoms with Gasteiger partial charge in [-0.3, -0.25) is 5.10 Å². The van der Waals surface area contributed by atoms with Crippen molar-refractivity contribution in [3.05, 3.63) is 42.4 Å². The quantitative estimate of drug-likeness (QED) is 0.366. The molecule has 0 radical (unpaired) electrons. The Kier molecular flexibility index (Phi) is 6.58. The lowest BCUT2D eigenvalue weighted by Gasteiger charge is -2.48. The van der Waals surface area contributed by atoms with Crippen molar-refractivity contribution in [1.29, 1.82) is 0 Å². The lowest BCUT2D eigenvalue weighted by atomic mass is 9.79. The van der Waals surface area contributed by atoms with Crippen LogP contribution in [0.1, 0.15) is 40.5 Å². The number of aromatic nitrogens is 5. The van der Waals surface area contributed by atoms with Gasteiger partial charge in [-0.1, -0.05) is 17.4 Å². The molecule has 7 nitrogen and oxygen atoms in total. The third-order valence-corrected chi connectivity index (χ3v) is 7.33. The molecular weight excluding hydrogens is 492 g/mol. The fourth-order valence-electron chi connectivity index (χ4n) is 5.06. The van der Waals surface area contributed by atoms with Gasteiger partial charge in [-0.15, -0.1) is 12.4 Å². The van der Waals surface area contributed by atoms with E-state index in [1.807, 2.05) is 7.05 Å². The SMILES string of the molecule is CN(c1nc2ncc(-c3ccc(-c4cn[nH]c4)c(F)c3F)nc2s1)C1CC(C)(C)NC(C)(C)C1.Cl. The van der Waals surface area contributed by atoms with Crippen molar-refractivity contribution < 1.29 is 8.78 Å². The Morgan fingerprint density at radius 2 is 1.66 bits per heavy atom. The minimum atomic E-state index is -0.964. The van der Waals surface area contributed by atoms with Crippen LogP contribution < -0.4 is 10.2 Å². The monoisotopic (exact) mass is 519 g/mol. The number of benzene rings is 1. The van der Waals surface area contributed by atoms with Crippen LogP contribution in [0.3, 0.4) is 0 Å². The van der Waals surface area contributed by atoms with Gasteiger partial charge in [-0.05, 0) is 46.6 Å². The highest BCUT2D eigenvalue weighted by molar-refractivity contribution is 7.21. The molecule has 0 unspecified atom stereocenters. The predicted octanol–water partition coefficient (Wildman–Crippen LogP) is 5.59. The number of thiazole rings is 1. The summed E-state index contributed by atoms with van der Waals surface area (Å²) < 4.78 is 29.7. The molecule has 5 rings (SSSR count). The Morgan fingerprint density at radius 1 is 1.00 bits per heavy atom. The first-order chi connectivity index (χ1) is 16.0. The van der Waals surface area contributed by atoms with E-state index in [1.54, 1.807) is 0 Å². The van der Waals surface area contributed by atoms with E-state index in [-0.39, 0.29) is 40.3 Å². The van der Waals surface area contributed by atoms with Crippen molar-refractivity contribution in [2.24, 2.45) is 0 Å². The number of hydrogen-bond donors (Lipinski definition) is 2. The van der Waals surface area contributed by atoms with E-state index < -0.39 is 11.6 Å². The average Bonchev–Trinajstić information content (AvgIpc) is 3.42. The maximum absolute atomic E-state index is 15.0. The van der Waals surface area contributed by atoms with E-state index in [9.17, 15) is 8.78 Å². The van der Waals surface area contributed by atoms with Crippen molar-refractivity contribution in [3.8, 4) is 22.4 Å². The van der Waals surface area contributed by atoms with Gasteiger partial charge in [0.05, 0.1) is 18.1 Å². The highest BCUT2D eigenvalue weighted by Gasteiger charge is 2.39. The third kappa shape index (κ3) is 4.87. The average molecular weight is 520 g/mol. The van der Waals surface area contributed by atoms with Gasteiger partial charge in [-0.25, -0.2) is 18.7 Å². The van der Waals surface area contributed by atoms with Gasteiger partial charge in [0.2, 0.25) is 0 Å². The Bertz CT molecular complexity index is 1340. The molecule has 1 fully saturated rings. The second-order valence-electron chi connectivity index (χ2n) is 10.2. The fraction of sp³-hybridized carbons (Fsp3) is 0.417. The Morgan fingerprint density at radius 3 is 2.31 bits per heavy atom. The van der Waals surface area contributed by atoms with Crippen molar-refractivity contribution in [2.45, 2.75) is 57.7 Å². The molecule has 1 aromatic carbocycles. The number of H-pyrrole nitrogens is 1. The molecule has 0 aliphatic carbocycles. The normalized spacial score (nSPS) is 17.3. The van der Waals surface area contributed by atoms with Crippen molar-refractivity contribution in [2.75, 3.05) is 11.9 Å². The summed E-state index contributed by atoms with van der Waals surface area (Å²) in [5.41, 5.74) is 1.45. The number of aromatic amines is 1. The van der Waals surface area contributed by atoms with E-state index >= 15 is 0 Å². The van der Waals surface area contributed by atoms with Gasteiger partial charge >= 0.3 is 0 Å². The smallest absolute Gasteiger partial charge is 0.191 e. The molecule has 3 aromatic heterocycles. The van der Waals surface area contributed by atoms with Crippen molar-refractivity contribution in [3.63, 3.8) is 0 Å². The number of halogens is 3. The molecule has 1 aliphatic heterocycles. The predicted molar refractivity (Wildman–Crippen MR) is 138 cm³/mol. The lowest BCUT2D eigenvalue weighted by molar-refractivity contribution is 0.161. The molecule has 0 spiro atoms. The number of nitrogens with zero attached hydrogens (tertiary/aromatic N) is 5. The van der Waals surface area contributed by atoms with Crippen LogP contribution in [0.4, 0.5) is 13.9 Å². The molecule has 11 heteroatoms. The van der Waals surface area contributed by atoms with E-state index in [4.69, 9.17) is 0 Å². The molecule has 4 heterocycles. The Hall–Kier alpha value is -2.69. The summed E-state index contributed by atoms with van der Waals surface area (Å²) in [6.45, 7) is 8.87. The summed E-state index contributed by atoms with van der Waals surface area (Å²) in [4.78, 5) is 16.4. The molecule has 0 bridgehead atoms. The van der Waals surface area contributed by atoms with Crippen LogP contribution in [0, 0.1) is 11.6 Å². The van der Waals surface area contributed by atoms with Crippen LogP contribution in [0.2, 0.25) is 0 Å². The van der Waals surface area contributed by atoms with Crippen LogP contribution in [0.5, 0.6) is 0 Å². The summed E-state index contributed by atoms with van der Waals surface area (Å²) in [5, 5.41) is 10.9. The molecular formula is C24H28ClF2N7S. The summed E-state index contributed by atoms with van der Waals surface area (Å²) in [6, 6.07) is 3.34. The van der Waals surface area contributed by atoms with Crippen LogP contribution in [0.25, 0.3) is 32.9 Å². The first-order valence-corrected chi connectivity index (χ1v) is 12.0. The molecule has 186 valence electrons. The number of fused-ring (bicyclic) bond motifs is 1. The summed E-state index contributed by atoms with van der Waals surface area (Å²) in [7, 11) is 2.05. The molecule has 35 heavy (non-hydrogen) atoms. The van der Waals surface area contributed by atoms with Gasteiger partial charge in [-0.2, -0.15) is 10.1 Å². The lowest BCUT2D eigenvalue weighted by Crippen LogP contribution is -2.61. The molecule has 0 saturated carbocycles. The summed E-state index contributed by atoms with van der Waals surface area (Å²) in [6.07, 6.45) is 6.36. The van der Waals surface area contributed by atoms with Crippen molar-refractivity contribution >= 4 is 39.4 Å². The van der Waals surface area contributed by atoms with Gasteiger partial charge in [0.15, 0.2) is 27.2 Å². The highest BCUT2D eigenvalue weighted by Crippen LogP contribution is 2.36. The second kappa shape index (κ2) is 9.07. The zero-order valence-electron chi connectivity index (χ0n) is 20.2. The first-order valence-electron chi connectivity index (χ1n) is 11.2. The zero-order valence-corrected chi connectivity index (χ0v) is 21.8. The number of piperidine rings is 1. The second-order valence-corrected chi connectivity index (χ2v) is 11.2. The Balaban J connectivity index is 0.00000289. The van der Waals surface area contributed by atoms with Gasteiger partial charge < -0.3 is 10.2 Å². The van der Waals surface area contributed by atoms with E-state index in [0.29, 0.717) is 22.1 Å². The zero-order chi connectivity index (χ0) is 24.3. The fourth-order valence-corrected chi connectivity index (χ4v) is 5.99. The van der Waals surface area contributed by atoms with E-state index in [1.165, 1.54) is 42.1 Å². The number of anilines is 1. The molecule has 1 aliphatic rings. The molecule has 2 N–H and O–H groups in total. The van der Waals surface area contributed by atoms with E-state index in [0.717, 1.165) is 18.0 Å². The summed E-state index contributed by atoms with van der Waals surface area (Å²) >= 11 is 1.41. The van der Waals surface area contributed by atoms with Gasteiger partial charge in [0.25, 0.3) is 0 Å². The molecule has 4 aromatic rings. The van der Waals surface area contributed by atoms with Crippen molar-refractivity contribution in [1.82, 2.24) is 30.5 Å². The standard InChI is InChI=1S/C24H27F2N7S.ClH/c1-23(2)8-14(9-24(3,4)32-23)33(5)22-31-20-21(34-22)30-17(12-27-20)16-7-6-15(18(25)19(16)26)13-10-28-29-11-13;/h6-7,10-12,14,32H,8-9H2,1-5H3,(H,28,29);1H. The number of hydrogen-bond acceptors (Lipinski definition) is 7. The molecule has 0 amide bonds. The van der Waals surface area contributed by atoms with Crippen LogP contribution >= 0.6 is 23.7 Å². The molecule has 0 atom stereocenters. The van der Waals surface area contributed by atoms with Gasteiger partial charge in [0, 0.05) is 47.1 Å². The topological polar surface area (TPSA) is 82.6 Å². The van der Waals surface area contributed by atoms with E-state index in [2.05, 4.69) is 63.1 Å². The Labute approximate surface area is 212 Å². The molecule has 1 saturated heterocycles. The minimum Gasteiger partial charge on any atom is -0.348 e.